The highest BCUT2D eigenvalue weighted by Crippen LogP contribution is 2.29. The third-order valence-electron chi connectivity index (χ3n) is 3.72. The minimum atomic E-state index is -0.105. The van der Waals surface area contributed by atoms with Crippen molar-refractivity contribution in [1.29, 1.82) is 0 Å². The first kappa shape index (κ1) is 15.7. The lowest BCUT2D eigenvalue weighted by Crippen LogP contribution is -2.19. The summed E-state index contributed by atoms with van der Waals surface area (Å²) in [6.45, 7) is 1.45. The van der Waals surface area contributed by atoms with Gasteiger partial charge in [0.2, 0.25) is 5.90 Å². The van der Waals surface area contributed by atoms with Crippen LogP contribution in [0.5, 0.6) is 0 Å². The highest BCUT2D eigenvalue weighted by molar-refractivity contribution is 5.79. The Bertz CT molecular complexity index is 628. The van der Waals surface area contributed by atoms with Crippen LogP contribution in [-0.4, -0.2) is 32.3 Å². The Morgan fingerprint density at radius 3 is 2.35 bits per heavy atom. The molecule has 0 amide bonds. The summed E-state index contributed by atoms with van der Waals surface area (Å²) < 4.78 is 17.0. The van der Waals surface area contributed by atoms with Crippen molar-refractivity contribution in [2.45, 2.75) is 18.8 Å². The average Bonchev–Trinajstić information content (AvgIpc) is 3.00. The normalized spacial score (nSPS) is 20.1. The van der Waals surface area contributed by atoms with Gasteiger partial charge in [-0.1, -0.05) is 60.7 Å². The van der Waals surface area contributed by atoms with E-state index in [1.165, 1.54) is 0 Å². The van der Waals surface area contributed by atoms with E-state index in [0.29, 0.717) is 25.7 Å². The highest BCUT2D eigenvalue weighted by atomic mass is 16.5. The van der Waals surface area contributed by atoms with Crippen molar-refractivity contribution in [3.05, 3.63) is 71.8 Å². The van der Waals surface area contributed by atoms with Crippen LogP contribution >= 0.6 is 0 Å². The summed E-state index contributed by atoms with van der Waals surface area (Å²) in [7, 11) is 1.68. The molecule has 23 heavy (non-hydrogen) atoms. The standard InChI is InChI=1S/C19H21NO3/c1-21-13-17-19(16-10-6-3-7-11-16)23-18(20-17)14-22-12-15-8-4-2-5-9-15/h2-11,17,19H,12-14H2,1H3. The molecule has 2 unspecified atom stereocenters. The molecule has 2 aromatic rings. The minimum Gasteiger partial charge on any atom is -0.469 e. The lowest BCUT2D eigenvalue weighted by Gasteiger charge is -2.17. The zero-order chi connectivity index (χ0) is 15.9. The molecule has 0 saturated carbocycles. The molecule has 2 atom stereocenters. The van der Waals surface area contributed by atoms with Crippen LogP contribution < -0.4 is 0 Å². The van der Waals surface area contributed by atoms with Gasteiger partial charge in [-0.2, -0.15) is 0 Å². The lowest BCUT2D eigenvalue weighted by molar-refractivity contribution is 0.103. The maximum absolute atomic E-state index is 6.00. The fraction of sp³-hybridized carbons (Fsp3) is 0.316. The molecule has 120 valence electrons. The topological polar surface area (TPSA) is 40.0 Å². The van der Waals surface area contributed by atoms with Gasteiger partial charge >= 0.3 is 0 Å². The second kappa shape index (κ2) is 7.90. The van der Waals surface area contributed by atoms with Gasteiger partial charge in [-0.05, 0) is 11.1 Å². The molecule has 0 spiro atoms. The van der Waals surface area contributed by atoms with Gasteiger partial charge in [0, 0.05) is 7.11 Å². The molecule has 0 bridgehead atoms. The molecule has 1 aliphatic heterocycles. The maximum atomic E-state index is 6.00. The zero-order valence-electron chi connectivity index (χ0n) is 13.2. The lowest BCUT2D eigenvalue weighted by atomic mass is 10.0. The van der Waals surface area contributed by atoms with Crippen molar-refractivity contribution in [3.8, 4) is 0 Å². The number of benzene rings is 2. The summed E-state index contributed by atoms with van der Waals surface area (Å²) in [6, 6.07) is 20.2. The Morgan fingerprint density at radius 2 is 1.65 bits per heavy atom. The predicted molar refractivity (Wildman–Crippen MR) is 89.5 cm³/mol. The predicted octanol–water partition coefficient (Wildman–Crippen LogP) is 3.39. The van der Waals surface area contributed by atoms with E-state index >= 15 is 0 Å². The zero-order valence-corrected chi connectivity index (χ0v) is 13.2. The minimum absolute atomic E-state index is 0.0299. The van der Waals surface area contributed by atoms with E-state index in [1.807, 2.05) is 48.5 Å². The number of hydrogen-bond donors (Lipinski definition) is 0. The molecular formula is C19H21NO3. The van der Waals surface area contributed by atoms with Crippen LogP contribution in [0.25, 0.3) is 0 Å². The van der Waals surface area contributed by atoms with Crippen molar-refractivity contribution in [3.63, 3.8) is 0 Å². The molecule has 0 fully saturated rings. The van der Waals surface area contributed by atoms with Crippen LogP contribution in [-0.2, 0) is 20.8 Å². The summed E-state index contributed by atoms with van der Waals surface area (Å²) >= 11 is 0. The number of aliphatic imine (C=N–C) groups is 1. The van der Waals surface area contributed by atoms with E-state index in [9.17, 15) is 0 Å². The Kier molecular flexibility index (Phi) is 5.40. The van der Waals surface area contributed by atoms with Crippen LogP contribution in [0, 0.1) is 0 Å². The fourth-order valence-corrected chi connectivity index (χ4v) is 2.64. The summed E-state index contributed by atoms with van der Waals surface area (Å²) in [5, 5.41) is 0. The van der Waals surface area contributed by atoms with Gasteiger partial charge in [-0.3, -0.25) is 0 Å². The molecule has 1 aliphatic rings. The van der Waals surface area contributed by atoms with Crippen molar-refractivity contribution in [2.75, 3.05) is 20.3 Å². The molecule has 0 saturated heterocycles. The van der Waals surface area contributed by atoms with Crippen molar-refractivity contribution >= 4 is 5.90 Å². The Morgan fingerprint density at radius 1 is 0.957 bits per heavy atom. The smallest absolute Gasteiger partial charge is 0.211 e. The van der Waals surface area contributed by atoms with Crippen molar-refractivity contribution < 1.29 is 14.2 Å². The largest absolute Gasteiger partial charge is 0.469 e. The molecule has 0 aromatic heterocycles. The molecule has 1 heterocycles. The van der Waals surface area contributed by atoms with Gasteiger partial charge in [-0.15, -0.1) is 0 Å². The van der Waals surface area contributed by atoms with Gasteiger partial charge in [-0.25, -0.2) is 4.99 Å². The second-order valence-corrected chi connectivity index (χ2v) is 5.47. The molecule has 4 heteroatoms. The van der Waals surface area contributed by atoms with Gasteiger partial charge in [0.25, 0.3) is 0 Å². The highest BCUT2D eigenvalue weighted by Gasteiger charge is 2.32. The van der Waals surface area contributed by atoms with E-state index in [2.05, 4.69) is 17.1 Å². The number of rotatable bonds is 7. The molecule has 3 rings (SSSR count). The molecule has 2 aromatic carbocycles. The first-order valence-electron chi connectivity index (χ1n) is 7.75. The van der Waals surface area contributed by atoms with Gasteiger partial charge in [0.1, 0.15) is 18.8 Å². The number of methoxy groups -OCH3 is 1. The molecule has 0 N–H and O–H groups in total. The summed E-state index contributed by atoms with van der Waals surface area (Å²) in [5.41, 5.74) is 2.25. The maximum Gasteiger partial charge on any atom is 0.211 e. The van der Waals surface area contributed by atoms with Crippen LogP contribution in [0.3, 0.4) is 0 Å². The van der Waals surface area contributed by atoms with Crippen molar-refractivity contribution in [1.82, 2.24) is 0 Å². The average molecular weight is 311 g/mol. The first-order valence-corrected chi connectivity index (χ1v) is 7.75. The van der Waals surface area contributed by atoms with Gasteiger partial charge < -0.3 is 14.2 Å². The third-order valence-corrected chi connectivity index (χ3v) is 3.72. The molecule has 4 nitrogen and oxygen atoms in total. The monoisotopic (exact) mass is 311 g/mol. The van der Waals surface area contributed by atoms with Crippen LogP contribution in [0.15, 0.2) is 65.7 Å². The quantitative estimate of drug-likeness (QED) is 0.787. The van der Waals surface area contributed by atoms with Crippen molar-refractivity contribution in [2.24, 2.45) is 4.99 Å². The Labute approximate surface area is 136 Å². The molecule has 0 aliphatic carbocycles. The van der Waals surface area contributed by atoms with E-state index in [0.717, 1.165) is 11.1 Å². The second-order valence-electron chi connectivity index (χ2n) is 5.47. The van der Waals surface area contributed by atoms with E-state index in [1.54, 1.807) is 7.11 Å². The SMILES string of the molecule is COCC1N=C(COCc2ccccc2)OC1c1ccccc1. The van der Waals surface area contributed by atoms with Gasteiger partial charge in [0.05, 0.1) is 13.2 Å². The third kappa shape index (κ3) is 4.18. The Balaban J connectivity index is 1.58. The van der Waals surface area contributed by atoms with Gasteiger partial charge in [0.15, 0.2) is 0 Å². The van der Waals surface area contributed by atoms with E-state index in [-0.39, 0.29) is 12.1 Å². The van der Waals surface area contributed by atoms with Crippen LogP contribution in [0.4, 0.5) is 0 Å². The Hall–Kier alpha value is -2.17. The number of ether oxygens (including phenoxy) is 3. The fourth-order valence-electron chi connectivity index (χ4n) is 2.64. The van der Waals surface area contributed by atoms with E-state index < -0.39 is 0 Å². The molecule has 0 radical (unpaired) electrons. The first-order chi connectivity index (χ1) is 11.4. The number of hydrogen-bond acceptors (Lipinski definition) is 4. The molecular weight excluding hydrogens is 290 g/mol. The van der Waals surface area contributed by atoms with Crippen LogP contribution in [0.2, 0.25) is 0 Å². The summed E-state index contributed by atoms with van der Waals surface area (Å²) in [6.07, 6.45) is -0.105. The number of nitrogens with zero attached hydrogens (tertiary/aromatic N) is 1. The summed E-state index contributed by atoms with van der Waals surface area (Å²) in [5.74, 6) is 0.636. The van der Waals surface area contributed by atoms with Crippen LogP contribution in [0.1, 0.15) is 17.2 Å². The summed E-state index contributed by atoms with van der Waals surface area (Å²) in [4.78, 5) is 4.61. The van der Waals surface area contributed by atoms with E-state index in [4.69, 9.17) is 14.2 Å².